The highest BCUT2D eigenvalue weighted by atomic mass is 79.9. The van der Waals surface area contributed by atoms with Crippen LogP contribution in [-0.4, -0.2) is 26.4 Å². The third-order valence-corrected chi connectivity index (χ3v) is 7.42. The molecule has 1 amide bonds. The Kier molecular flexibility index (Phi) is 7.93. The number of amides is 1. The number of rotatable bonds is 9. The van der Waals surface area contributed by atoms with E-state index < -0.39 is 0 Å². The predicted octanol–water partition coefficient (Wildman–Crippen LogP) is 6.61. The van der Waals surface area contributed by atoms with Crippen LogP contribution in [0.4, 0.5) is 5.69 Å². The van der Waals surface area contributed by atoms with Crippen molar-refractivity contribution in [2.24, 2.45) is 0 Å². The first-order valence-corrected chi connectivity index (χ1v) is 13.0. The van der Waals surface area contributed by atoms with Gasteiger partial charge >= 0.3 is 0 Å². The number of hydrogen-bond acceptors (Lipinski definition) is 5. The van der Waals surface area contributed by atoms with E-state index >= 15 is 0 Å². The predicted molar refractivity (Wildman–Crippen MR) is 146 cm³/mol. The molecule has 0 saturated heterocycles. The Bertz CT molecular complexity index is 1400. The Hall–Kier alpha value is -3.10. The largest absolute Gasteiger partial charge is 0.485 e. The average molecular weight is 552 g/mol. The summed E-state index contributed by atoms with van der Waals surface area (Å²) in [6, 6.07) is 16.2. The van der Waals surface area contributed by atoms with Crippen LogP contribution in [0.2, 0.25) is 0 Å². The van der Waals surface area contributed by atoms with Gasteiger partial charge in [-0.25, -0.2) is 0 Å². The van der Waals surface area contributed by atoms with E-state index in [0.717, 1.165) is 38.0 Å². The zero-order chi connectivity index (χ0) is 24.9. The third kappa shape index (κ3) is 5.77. The van der Waals surface area contributed by atoms with Gasteiger partial charge in [0.1, 0.15) is 12.4 Å². The van der Waals surface area contributed by atoms with E-state index in [1.165, 1.54) is 17.1 Å². The molecule has 0 saturated carbocycles. The van der Waals surface area contributed by atoms with Crippen molar-refractivity contribution >= 4 is 50.1 Å². The van der Waals surface area contributed by atoms with E-state index in [2.05, 4.69) is 63.1 Å². The molecule has 1 heterocycles. The number of thioether (sulfide) groups is 1. The van der Waals surface area contributed by atoms with Crippen LogP contribution in [0.3, 0.4) is 0 Å². The van der Waals surface area contributed by atoms with Crippen molar-refractivity contribution in [1.82, 2.24) is 14.8 Å². The van der Waals surface area contributed by atoms with Crippen LogP contribution >= 0.6 is 27.7 Å². The van der Waals surface area contributed by atoms with Crippen LogP contribution in [0, 0.1) is 20.8 Å². The molecule has 0 aliphatic rings. The van der Waals surface area contributed by atoms with Crippen molar-refractivity contribution in [2.45, 2.75) is 39.1 Å². The first kappa shape index (κ1) is 25.0. The topological polar surface area (TPSA) is 69.0 Å². The summed E-state index contributed by atoms with van der Waals surface area (Å²) >= 11 is 4.86. The Balaban J connectivity index is 1.43. The molecule has 0 fully saturated rings. The summed E-state index contributed by atoms with van der Waals surface area (Å²) in [5.74, 6) is 1.58. The quantitative estimate of drug-likeness (QED) is 0.187. The molecule has 4 rings (SSSR count). The van der Waals surface area contributed by atoms with Crippen molar-refractivity contribution in [3.63, 3.8) is 0 Å². The normalized spacial score (nSPS) is 11.0. The highest BCUT2D eigenvalue weighted by Crippen LogP contribution is 2.29. The summed E-state index contributed by atoms with van der Waals surface area (Å²) in [4.78, 5) is 12.6. The number of hydrogen-bond donors (Lipinski definition) is 1. The molecule has 35 heavy (non-hydrogen) atoms. The van der Waals surface area contributed by atoms with Gasteiger partial charge in [-0.1, -0.05) is 48.2 Å². The maximum absolute atomic E-state index is 12.6. The van der Waals surface area contributed by atoms with Crippen LogP contribution in [0.1, 0.15) is 22.5 Å². The molecule has 180 valence electrons. The number of nitrogens with one attached hydrogen (secondary N) is 1. The first-order valence-electron chi connectivity index (χ1n) is 11.2. The standard InChI is InChI=1S/C27H27BrN4O2S/c1-5-12-32-25(15-34-24-11-10-20-8-6-7-9-21(20)19(24)4)30-31-27(32)35-16-26(33)29-23-14-18(3)17(2)13-22(23)28/h5-11,13-14H,1,12,15-16H2,2-4H3,(H,29,33). The molecule has 0 aliphatic heterocycles. The fraction of sp³-hybridized carbons (Fsp3) is 0.222. The summed E-state index contributed by atoms with van der Waals surface area (Å²) in [5, 5.41) is 14.6. The van der Waals surface area contributed by atoms with Crippen molar-refractivity contribution in [3.8, 4) is 5.75 Å². The second-order valence-corrected chi connectivity index (χ2v) is 10.0. The number of aryl methyl sites for hydroxylation is 3. The van der Waals surface area contributed by atoms with Gasteiger partial charge in [0.15, 0.2) is 11.0 Å². The number of carbonyl (C=O) groups is 1. The number of allylic oxidation sites excluding steroid dienone is 1. The number of carbonyl (C=O) groups excluding carboxylic acids is 1. The summed E-state index contributed by atoms with van der Waals surface area (Å²) < 4.78 is 8.90. The molecular weight excluding hydrogens is 524 g/mol. The van der Waals surface area contributed by atoms with Crippen LogP contribution in [-0.2, 0) is 17.9 Å². The molecule has 0 aliphatic carbocycles. The summed E-state index contributed by atoms with van der Waals surface area (Å²) in [5.41, 5.74) is 4.12. The monoisotopic (exact) mass is 550 g/mol. The Morgan fingerprint density at radius 1 is 1.14 bits per heavy atom. The molecule has 1 N–H and O–H groups in total. The second kappa shape index (κ2) is 11.1. The number of nitrogens with zero attached hydrogens (tertiary/aromatic N) is 3. The lowest BCUT2D eigenvalue weighted by Crippen LogP contribution is -2.15. The SMILES string of the molecule is C=CCn1c(COc2ccc3ccccc3c2C)nnc1SCC(=O)Nc1cc(C)c(C)cc1Br. The van der Waals surface area contributed by atoms with Gasteiger partial charge in [0.25, 0.3) is 0 Å². The highest BCUT2D eigenvalue weighted by molar-refractivity contribution is 9.10. The summed E-state index contributed by atoms with van der Waals surface area (Å²) in [6.07, 6.45) is 1.78. The van der Waals surface area contributed by atoms with E-state index in [1.54, 1.807) is 6.08 Å². The van der Waals surface area contributed by atoms with Crippen molar-refractivity contribution in [2.75, 3.05) is 11.1 Å². The number of anilines is 1. The highest BCUT2D eigenvalue weighted by Gasteiger charge is 2.16. The molecule has 0 bridgehead atoms. The third-order valence-electron chi connectivity index (χ3n) is 5.80. The van der Waals surface area contributed by atoms with Crippen molar-refractivity contribution in [3.05, 3.63) is 88.2 Å². The van der Waals surface area contributed by atoms with Crippen LogP contribution in [0.25, 0.3) is 10.8 Å². The Labute approximate surface area is 217 Å². The smallest absolute Gasteiger partial charge is 0.234 e. The minimum Gasteiger partial charge on any atom is -0.485 e. The lowest BCUT2D eigenvalue weighted by atomic mass is 10.0. The van der Waals surface area contributed by atoms with Crippen molar-refractivity contribution < 1.29 is 9.53 Å². The van der Waals surface area contributed by atoms with Crippen LogP contribution in [0.15, 0.2) is 70.8 Å². The molecule has 1 aromatic heterocycles. The molecular formula is C27H27BrN4O2S. The Morgan fingerprint density at radius 3 is 2.71 bits per heavy atom. The van der Waals surface area contributed by atoms with Gasteiger partial charge in [-0.2, -0.15) is 0 Å². The zero-order valence-electron chi connectivity index (χ0n) is 20.0. The van der Waals surface area contributed by atoms with Gasteiger partial charge in [-0.3, -0.25) is 9.36 Å². The van der Waals surface area contributed by atoms with Crippen LogP contribution in [0.5, 0.6) is 5.75 Å². The molecule has 8 heteroatoms. The Morgan fingerprint density at radius 2 is 1.91 bits per heavy atom. The fourth-order valence-electron chi connectivity index (χ4n) is 3.74. The van der Waals surface area contributed by atoms with Gasteiger partial charge in [-0.05, 0) is 82.4 Å². The number of halogens is 1. The van der Waals surface area contributed by atoms with Gasteiger partial charge < -0.3 is 10.1 Å². The van der Waals surface area contributed by atoms with Crippen LogP contribution < -0.4 is 10.1 Å². The minimum absolute atomic E-state index is 0.114. The molecule has 3 aromatic carbocycles. The van der Waals surface area contributed by atoms with E-state index in [4.69, 9.17) is 4.74 Å². The number of benzene rings is 3. The van der Waals surface area contributed by atoms with Gasteiger partial charge in [0.05, 0.1) is 11.4 Å². The van der Waals surface area contributed by atoms with Gasteiger partial charge in [0, 0.05) is 11.0 Å². The van der Waals surface area contributed by atoms with Gasteiger partial charge in [0.2, 0.25) is 5.91 Å². The number of aromatic nitrogens is 3. The zero-order valence-corrected chi connectivity index (χ0v) is 22.4. The molecule has 4 aromatic rings. The summed E-state index contributed by atoms with van der Waals surface area (Å²) in [7, 11) is 0. The van der Waals surface area contributed by atoms with Crippen molar-refractivity contribution in [1.29, 1.82) is 0 Å². The van der Waals surface area contributed by atoms with E-state index in [-0.39, 0.29) is 18.3 Å². The molecule has 0 atom stereocenters. The van der Waals surface area contributed by atoms with E-state index in [9.17, 15) is 4.79 Å². The van der Waals surface area contributed by atoms with Gasteiger partial charge in [-0.15, -0.1) is 16.8 Å². The minimum atomic E-state index is -0.114. The maximum Gasteiger partial charge on any atom is 0.234 e. The molecule has 0 spiro atoms. The fourth-order valence-corrected chi connectivity index (χ4v) is 5.07. The maximum atomic E-state index is 12.6. The molecule has 6 nitrogen and oxygen atoms in total. The van der Waals surface area contributed by atoms with E-state index in [0.29, 0.717) is 17.5 Å². The number of ether oxygens (including phenoxy) is 1. The lowest BCUT2D eigenvalue weighted by Gasteiger charge is -2.12. The number of fused-ring (bicyclic) bond motifs is 1. The average Bonchev–Trinajstić information content (AvgIpc) is 3.22. The second-order valence-electron chi connectivity index (χ2n) is 8.25. The first-order chi connectivity index (χ1) is 16.9. The van der Waals surface area contributed by atoms with E-state index in [1.807, 2.05) is 48.7 Å². The lowest BCUT2D eigenvalue weighted by molar-refractivity contribution is -0.113. The summed E-state index contributed by atoms with van der Waals surface area (Å²) in [6.45, 7) is 10.8. The molecule has 0 radical (unpaired) electrons. The molecule has 0 unspecified atom stereocenters.